The van der Waals surface area contributed by atoms with Gasteiger partial charge in [0, 0.05) is 13.0 Å². The number of alkyl halides is 3. The SMILES string of the molecule is O=C(OCc1ccccc1)[C@H](CCO)NC(=O)C(F)(F)F. The molecule has 0 saturated heterocycles. The highest BCUT2D eigenvalue weighted by Crippen LogP contribution is 2.15. The molecule has 0 fully saturated rings. The largest absolute Gasteiger partial charge is 0.471 e. The van der Waals surface area contributed by atoms with E-state index < -0.39 is 30.7 Å². The molecular formula is C13H14F3NO4. The summed E-state index contributed by atoms with van der Waals surface area (Å²) in [6.45, 7) is -0.702. The van der Waals surface area contributed by atoms with Crippen molar-refractivity contribution in [2.24, 2.45) is 0 Å². The van der Waals surface area contributed by atoms with Crippen LogP contribution in [0.5, 0.6) is 0 Å². The van der Waals surface area contributed by atoms with Crippen LogP contribution in [0.3, 0.4) is 0 Å². The summed E-state index contributed by atoms with van der Waals surface area (Å²) < 4.78 is 41.2. The molecule has 0 radical (unpaired) electrons. The second-order valence-electron chi connectivity index (χ2n) is 4.13. The summed E-state index contributed by atoms with van der Waals surface area (Å²) in [5, 5.41) is 10.2. The van der Waals surface area contributed by atoms with E-state index in [-0.39, 0.29) is 13.0 Å². The van der Waals surface area contributed by atoms with Gasteiger partial charge in [-0.25, -0.2) is 4.79 Å². The molecule has 5 nitrogen and oxygen atoms in total. The first kappa shape index (κ1) is 17.0. The zero-order chi connectivity index (χ0) is 15.9. The van der Waals surface area contributed by atoms with Crippen molar-refractivity contribution >= 4 is 11.9 Å². The number of aliphatic hydroxyl groups excluding tert-OH is 1. The number of nitrogens with one attached hydrogen (secondary N) is 1. The molecule has 0 heterocycles. The van der Waals surface area contributed by atoms with Crippen LogP contribution in [0.2, 0.25) is 0 Å². The van der Waals surface area contributed by atoms with E-state index in [9.17, 15) is 22.8 Å². The Balaban J connectivity index is 2.59. The molecule has 0 aliphatic heterocycles. The molecule has 1 aromatic carbocycles. The predicted molar refractivity (Wildman–Crippen MR) is 65.9 cm³/mol. The second-order valence-corrected chi connectivity index (χ2v) is 4.13. The second kappa shape index (κ2) is 7.63. The summed E-state index contributed by atoms with van der Waals surface area (Å²) in [6.07, 6.45) is -5.47. The van der Waals surface area contributed by atoms with Crippen LogP contribution >= 0.6 is 0 Å². The van der Waals surface area contributed by atoms with Crippen molar-refractivity contribution in [3.63, 3.8) is 0 Å². The van der Waals surface area contributed by atoms with Gasteiger partial charge in [0.2, 0.25) is 0 Å². The van der Waals surface area contributed by atoms with E-state index in [1.165, 1.54) is 5.32 Å². The van der Waals surface area contributed by atoms with Gasteiger partial charge in [-0.05, 0) is 5.56 Å². The lowest BCUT2D eigenvalue weighted by Gasteiger charge is -2.17. The monoisotopic (exact) mass is 305 g/mol. The van der Waals surface area contributed by atoms with E-state index >= 15 is 0 Å². The van der Waals surface area contributed by atoms with Crippen LogP contribution in [0.4, 0.5) is 13.2 Å². The van der Waals surface area contributed by atoms with E-state index in [1.54, 1.807) is 30.3 Å². The molecule has 21 heavy (non-hydrogen) atoms. The summed E-state index contributed by atoms with van der Waals surface area (Å²) >= 11 is 0. The Hall–Kier alpha value is -2.09. The predicted octanol–water partition coefficient (Wildman–Crippen LogP) is 1.16. The number of aliphatic hydroxyl groups is 1. The number of carbonyl (C=O) groups is 2. The standard InChI is InChI=1S/C13H14F3NO4/c14-13(15,16)12(20)17-10(6-7-18)11(19)21-8-9-4-2-1-3-5-9/h1-5,10,18H,6-8H2,(H,17,20)/t10-/m0/s1. The molecule has 1 aromatic rings. The molecule has 0 aliphatic carbocycles. The molecule has 0 spiro atoms. The number of hydrogen-bond acceptors (Lipinski definition) is 4. The fourth-order valence-electron chi connectivity index (χ4n) is 1.45. The van der Waals surface area contributed by atoms with Gasteiger partial charge < -0.3 is 15.2 Å². The van der Waals surface area contributed by atoms with Crippen molar-refractivity contribution in [3.05, 3.63) is 35.9 Å². The number of halogens is 3. The van der Waals surface area contributed by atoms with Crippen molar-refractivity contribution in [2.45, 2.75) is 25.2 Å². The number of carbonyl (C=O) groups excluding carboxylic acids is 2. The molecule has 1 rings (SSSR count). The molecule has 1 amide bonds. The molecule has 1 atom stereocenters. The molecule has 0 aliphatic rings. The molecule has 8 heteroatoms. The van der Waals surface area contributed by atoms with Crippen LogP contribution < -0.4 is 5.32 Å². The maximum atomic E-state index is 12.1. The third kappa shape index (κ3) is 5.82. The van der Waals surface area contributed by atoms with E-state index in [1.807, 2.05) is 0 Å². The Bertz CT molecular complexity index is 476. The van der Waals surface area contributed by atoms with Crippen LogP contribution in [-0.2, 0) is 20.9 Å². The van der Waals surface area contributed by atoms with Crippen molar-refractivity contribution in [3.8, 4) is 0 Å². The van der Waals surface area contributed by atoms with Crippen LogP contribution in [0.1, 0.15) is 12.0 Å². The highest BCUT2D eigenvalue weighted by atomic mass is 19.4. The molecule has 116 valence electrons. The highest BCUT2D eigenvalue weighted by molar-refractivity contribution is 5.87. The summed E-state index contributed by atoms with van der Waals surface area (Å²) in [4.78, 5) is 22.5. The van der Waals surface area contributed by atoms with Gasteiger partial charge in [0.25, 0.3) is 0 Å². The maximum absolute atomic E-state index is 12.1. The third-order valence-corrected chi connectivity index (χ3v) is 2.49. The van der Waals surface area contributed by atoms with Crippen molar-refractivity contribution in [1.82, 2.24) is 5.32 Å². The first-order valence-electron chi connectivity index (χ1n) is 6.03. The fraction of sp³-hybridized carbons (Fsp3) is 0.385. The summed E-state index contributed by atoms with van der Waals surface area (Å²) in [5.74, 6) is -3.29. The number of rotatable bonds is 6. The smallest absolute Gasteiger partial charge is 0.459 e. The maximum Gasteiger partial charge on any atom is 0.471 e. The minimum atomic E-state index is -5.10. The van der Waals surface area contributed by atoms with Gasteiger partial charge in [0.15, 0.2) is 0 Å². The molecule has 2 N–H and O–H groups in total. The van der Waals surface area contributed by atoms with Gasteiger partial charge in [0.1, 0.15) is 12.6 Å². The van der Waals surface area contributed by atoms with Crippen LogP contribution in [-0.4, -0.2) is 35.8 Å². The molecule has 0 unspecified atom stereocenters. The lowest BCUT2D eigenvalue weighted by Crippen LogP contribution is -2.47. The van der Waals surface area contributed by atoms with Crippen molar-refractivity contribution in [2.75, 3.05) is 6.61 Å². The fourth-order valence-corrected chi connectivity index (χ4v) is 1.45. The molecule has 0 aromatic heterocycles. The van der Waals surface area contributed by atoms with Crippen LogP contribution in [0, 0.1) is 0 Å². The lowest BCUT2D eigenvalue weighted by atomic mass is 10.2. The topological polar surface area (TPSA) is 75.6 Å². The summed E-state index contributed by atoms with van der Waals surface area (Å²) in [7, 11) is 0. The van der Waals surface area contributed by atoms with Gasteiger partial charge in [-0.2, -0.15) is 13.2 Å². The Kier molecular flexibility index (Phi) is 6.16. The Labute approximate surface area is 118 Å². The Morgan fingerprint density at radius 2 is 1.86 bits per heavy atom. The van der Waals surface area contributed by atoms with E-state index in [0.29, 0.717) is 5.56 Å². The third-order valence-electron chi connectivity index (χ3n) is 2.49. The normalized spacial score (nSPS) is 12.6. The minimum Gasteiger partial charge on any atom is -0.459 e. The minimum absolute atomic E-state index is 0.135. The first-order chi connectivity index (χ1) is 9.84. The van der Waals surface area contributed by atoms with Gasteiger partial charge in [-0.1, -0.05) is 30.3 Å². The molecule has 0 saturated carbocycles. The van der Waals surface area contributed by atoms with Crippen molar-refractivity contribution in [1.29, 1.82) is 0 Å². The quantitative estimate of drug-likeness (QED) is 0.773. The average Bonchev–Trinajstić information content (AvgIpc) is 2.44. The van der Waals surface area contributed by atoms with Gasteiger partial charge >= 0.3 is 18.1 Å². The number of hydrogen-bond donors (Lipinski definition) is 2. The number of benzene rings is 1. The van der Waals surface area contributed by atoms with E-state index in [0.717, 1.165) is 0 Å². The van der Waals surface area contributed by atoms with E-state index in [2.05, 4.69) is 0 Å². The number of ether oxygens (including phenoxy) is 1. The highest BCUT2D eigenvalue weighted by Gasteiger charge is 2.40. The summed E-state index contributed by atoms with van der Waals surface area (Å²) in [6, 6.07) is 6.96. The van der Waals surface area contributed by atoms with Gasteiger partial charge in [0.05, 0.1) is 0 Å². The molecular weight excluding hydrogens is 291 g/mol. The van der Waals surface area contributed by atoms with Crippen LogP contribution in [0.25, 0.3) is 0 Å². The molecule has 0 bridgehead atoms. The summed E-state index contributed by atoms with van der Waals surface area (Å²) in [5.41, 5.74) is 0.649. The number of esters is 1. The first-order valence-corrected chi connectivity index (χ1v) is 6.03. The van der Waals surface area contributed by atoms with E-state index in [4.69, 9.17) is 9.84 Å². The van der Waals surface area contributed by atoms with Gasteiger partial charge in [-0.15, -0.1) is 0 Å². The lowest BCUT2D eigenvalue weighted by molar-refractivity contribution is -0.176. The van der Waals surface area contributed by atoms with Crippen LogP contribution in [0.15, 0.2) is 30.3 Å². The zero-order valence-corrected chi connectivity index (χ0v) is 10.9. The zero-order valence-electron chi connectivity index (χ0n) is 10.9. The Morgan fingerprint density at radius 1 is 1.24 bits per heavy atom. The number of amides is 1. The van der Waals surface area contributed by atoms with Gasteiger partial charge in [-0.3, -0.25) is 4.79 Å². The van der Waals surface area contributed by atoms with Crippen molar-refractivity contribution < 1.29 is 32.6 Å². The average molecular weight is 305 g/mol. The Morgan fingerprint density at radius 3 is 2.38 bits per heavy atom.